The van der Waals surface area contributed by atoms with Gasteiger partial charge in [0.05, 0.1) is 0 Å². The zero-order valence-electron chi connectivity index (χ0n) is 12.9. The topological polar surface area (TPSA) is 3.24 Å². The van der Waals surface area contributed by atoms with Gasteiger partial charge in [-0.25, -0.2) is 0 Å². The summed E-state index contributed by atoms with van der Waals surface area (Å²) in [5.74, 6) is 0. The van der Waals surface area contributed by atoms with Crippen LogP contribution in [0.15, 0.2) is 46.4 Å². The molecular formula is C18H24ClNS. The van der Waals surface area contributed by atoms with E-state index in [4.69, 9.17) is 11.6 Å². The Morgan fingerprint density at radius 3 is 2.90 bits per heavy atom. The lowest BCUT2D eigenvalue weighted by Crippen LogP contribution is -2.30. The normalized spacial score (nSPS) is 18.0. The number of rotatable bonds is 3. The van der Waals surface area contributed by atoms with Crippen LogP contribution < -0.4 is 0 Å². The second kappa shape index (κ2) is 8.57. The smallest absolute Gasteiger partial charge is 0.0435 e. The molecule has 0 N–H and O–H groups in total. The third-order valence-corrected chi connectivity index (χ3v) is 5.14. The monoisotopic (exact) mass is 321 g/mol. The summed E-state index contributed by atoms with van der Waals surface area (Å²) in [5.41, 5.74) is 2.79. The molecule has 0 unspecified atom stereocenters. The van der Waals surface area contributed by atoms with Crippen LogP contribution in [0.3, 0.4) is 0 Å². The molecule has 0 aromatic carbocycles. The van der Waals surface area contributed by atoms with Crippen LogP contribution in [0.2, 0.25) is 0 Å². The van der Waals surface area contributed by atoms with Crippen LogP contribution in [-0.4, -0.2) is 18.0 Å². The number of halogens is 1. The summed E-state index contributed by atoms with van der Waals surface area (Å²) in [4.78, 5) is 4.11. The third kappa shape index (κ3) is 4.57. The molecule has 3 heteroatoms. The summed E-state index contributed by atoms with van der Waals surface area (Å²) in [6.07, 6.45) is 11.8. The fourth-order valence-electron chi connectivity index (χ4n) is 2.63. The van der Waals surface area contributed by atoms with Gasteiger partial charge in [0.1, 0.15) is 0 Å². The van der Waals surface area contributed by atoms with E-state index in [0.717, 1.165) is 31.0 Å². The summed E-state index contributed by atoms with van der Waals surface area (Å²) in [6, 6.07) is 2.27. The summed E-state index contributed by atoms with van der Waals surface area (Å²) in [7, 11) is 0. The SMILES string of the molecule is CC.ClC1=C(CCN2CCc3sccc3C2)C=CCC=C1. The highest BCUT2D eigenvalue weighted by Crippen LogP contribution is 2.25. The summed E-state index contributed by atoms with van der Waals surface area (Å²) in [6.45, 7) is 7.38. The van der Waals surface area contributed by atoms with Crippen molar-refractivity contribution < 1.29 is 0 Å². The Kier molecular flexibility index (Phi) is 6.75. The van der Waals surface area contributed by atoms with E-state index in [0.29, 0.717) is 0 Å². The number of fused-ring (bicyclic) bond motifs is 1. The molecule has 0 fully saturated rings. The predicted octanol–water partition coefficient (Wildman–Crippen LogP) is 5.53. The molecule has 1 aliphatic carbocycles. The first-order valence-electron chi connectivity index (χ1n) is 7.82. The van der Waals surface area contributed by atoms with E-state index in [1.54, 1.807) is 4.88 Å². The quantitative estimate of drug-likeness (QED) is 0.707. The molecule has 2 heterocycles. The van der Waals surface area contributed by atoms with Gasteiger partial charge in [-0.2, -0.15) is 0 Å². The molecule has 1 nitrogen and oxygen atoms in total. The number of nitrogens with zero attached hydrogens (tertiary/aromatic N) is 1. The maximum atomic E-state index is 6.29. The lowest BCUT2D eigenvalue weighted by atomic mass is 10.1. The van der Waals surface area contributed by atoms with E-state index >= 15 is 0 Å². The van der Waals surface area contributed by atoms with Crippen LogP contribution in [-0.2, 0) is 13.0 Å². The van der Waals surface area contributed by atoms with E-state index in [2.05, 4.69) is 34.6 Å². The van der Waals surface area contributed by atoms with Crippen molar-refractivity contribution in [3.8, 4) is 0 Å². The molecule has 1 aromatic heterocycles. The molecule has 0 spiro atoms. The Labute approximate surface area is 137 Å². The summed E-state index contributed by atoms with van der Waals surface area (Å²) in [5, 5.41) is 3.12. The molecule has 2 aliphatic rings. The minimum absolute atomic E-state index is 0.905. The van der Waals surface area contributed by atoms with Crippen LogP contribution >= 0.6 is 22.9 Å². The van der Waals surface area contributed by atoms with Gasteiger partial charge in [-0.3, -0.25) is 4.90 Å². The van der Waals surface area contributed by atoms with Gasteiger partial charge in [-0.1, -0.05) is 43.7 Å². The summed E-state index contributed by atoms with van der Waals surface area (Å²) < 4.78 is 0. The molecule has 0 saturated heterocycles. The summed E-state index contributed by atoms with van der Waals surface area (Å²) >= 11 is 8.19. The van der Waals surface area contributed by atoms with Crippen LogP contribution in [0.4, 0.5) is 0 Å². The van der Waals surface area contributed by atoms with Crippen LogP contribution in [0.25, 0.3) is 0 Å². The first-order valence-corrected chi connectivity index (χ1v) is 9.08. The van der Waals surface area contributed by atoms with Gasteiger partial charge in [0.15, 0.2) is 0 Å². The first kappa shape index (κ1) is 16.5. The number of allylic oxidation sites excluding steroid dienone is 5. The molecule has 0 saturated carbocycles. The molecule has 3 rings (SSSR count). The van der Waals surface area contributed by atoms with Crippen LogP contribution in [0.5, 0.6) is 0 Å². The average molecular weight is 322 g/mol. The Morgan fingerprint density at radius 2 is 2.05 bits per heavy atom. The number of thiophene rings is 1. The van der Waals surface area contributed by atoms with Crippen LogP contribution in [0.1, 0.15) is 37.1 Å². The van der Waals surface area contributed by atoms with Crippen molar-refractivity contribution in [2.45, 2.75) is 39.7 Å². The van der Waals surface area contributed by atoms with Crippen molar-refractivity contribution in [2.24, 2.45) is 0 Å². The molecule has 1 aromatic rings. The lowest BCUT2D eigenvalue weighted by molar-refractivity contribution is 0.260. The Balaban J connectivity index is 0.000000774. The fourth-order valence-corrected chi connectivity index (χ4v) is 3.76. The van der Waals surface area contributed by atoms with E-state index in [1.807, 2.05) is 31.3 Å². The Bertz CT molecular complexity index is 539. The molecule has 1 aliphatic heterocycles. The van der Waals surface area contributed by atoms with Crippen molar-refractivity contribution in [1.82, 2.24) is 4.90 Å². The maximum absolute atomic E-state index is 6.29. The lowest BCUT2D eigenvalue weighted by Gasteiger charge is -2.26. The zero-order valence-corrected chi connectivity index (χ0v) is 14.5. The maximum Gasteiger partial charge on any atom is 0.0435 e. The average Bonchev–Trinajstić information content (AvgIpc) is 2.89. The minimum atomic E-state index is 0.905. The first-order chi connectivity index (χ1) is 10.3. The van der Waals surface area contributed by atoms with E-state index in [9.17, 15) is 0 Å². The van der Waals surface area contributed by atoms with E-state index in [-0.39, 0.29) is 0 Å². The van der Waals surface area contributed by atoms with Crippen molar-refractivity contribution in [3.05, 3.63) is 56.8 Å². The molecule has 0 radical (unpaired) electrons. The molecule has 0 amide bonds. The van der Waals surface area contributed by atoms with Crippen molar-refractivity contribution in [1.29, 1.82) is 0 Å². The van der Waals surface area contributed by atoms with Crippen molar-refractivity contribution >= 4 is 22.9 Å². The van der Waals surface area contributed by atoms with Crippen molar-refractivity contribution in [3.63, 3.8) is 0 Å². The van der Waals surface area contributed by atoms with E-state index < -0.39 is 0 Å². The highest BCUT2D eigenvalue weighted by atomic mass is 35.5. The molecule has 114 valence electrons. The van der Waals surface area contributed by atoms with Crippen LogP contribution in [0, 0.1) is 0 Å². The highest BCUT2D eigenvalue weighted by molar-refractivity contribution is 7.10. The number of hydrogen-bond donors (Lipinski definition) is 0. The van der Waals surface area contributed by atoms with Gasteiger partial charge >= 0.3 is 0 Å². The van der Waals surface area contributed by atoms with Gasteiger partial charge in [0.25, 0.3) is 0 Å². The molecule has 0 atom stereocenters. The van der Waals surface area contributed by atoms with Gasteiger partial charge in [-0.05, 0) is 47.9 Å². The second-order valence-corrected chi connectivity index (χ2v) is 6.47. The predicted molar refractivity (Wildman–Crippen MR) is 95.0 cm³/mol. The van der Waals surface area contributed by atoms with Crippen molar-refractivity contribution in [2.75, 3.05) is 13.1 Å². The Hall–Kier alpha value is -0.830. The minimum Gasteiger partial charge on any atom is -0.298 e. The van der Waals surface area contributed by atoms with Gasteiger partial charge < -0.3 is 0 Å². The highest BCUT2D eigenvalue weighted by Gasteiger charge is 2.17. The number of hydrogen-bond acceptors (Lipinski definition) is 2. The standard InChI is InChI=1S/C16H18ClNS.C2H6/c17-15-5-3-1-2-4-13(15)6-9-18-10-7-16-14(12-18)8-11-19-16;1-2/h2-5,8,11H,1,6-7,9-10,12H2;1-2H3. The molecule has 21 heavy (non-hydrogen) atoms. The zero-order chi connectivity index (χ0) is 15.1. The third-order valence-electron chi connectivity index (χ3n) is 3.75. The molecule has 0 bridgehead atoms. The van der Waals surface area contributed by atoms with E-state index in [1.165, 1.54) is 24.1 Å². The Morgan fingerprint density at radius 1 is 1.24 bits per heavy atom. The second-order valence-electron chi connectivity index (χ2n) is 5.06. The fraction of sp³-hybridized carbons (Fsp3) is 0.444. The molecular weight excluding hydrogens is 298 g/mol. The van der Waals surface area contributed by atoms with Gasteiger partial charge in [0, 0.05) is 29.5 Å². The van der Waals surface area contributed by atoms with Gasteiger partial charge in [0.2, 0.25) is 0 Å². The van der Waals surface area contributed by atoms with Gasteiger partial charge in [-0.15, -0.1) is 11.3 Å². The largest absolute Gasteiger partial charge is 0.298 e.